The Morgan fingerprint density at radius 1 is 0.516 bits per heavy atom. The van der Waals surface area contributed by atoms with E-state index >= 15 is 0 Å². The van der Waals surface area contributed by atoms with E-state index in [2.05, 4.69) is 50.3 Å². The number of hydrogen-bond acceptors (Lipinski definition) is 9. The summed E-state index contributed by atoms with van der Waals surface area (Å²) in [6.45, 7) is 4.56. The Hall–Kier alpha value is -1.59. The van der Waals surface area contributed by atoms with Gasteiger partial charge in [0.25, 0.3) is 0 Å². The molecule has 1 heterocycles. The fourth-order valence-corrected chi connectivity index (χ4v) is 7.93. The van der Waals surface area contributed by atoms with Crippen molar-refractivity contribution in [2.45, 2.75) is 269 Å². The molecule has 0 spiro atoms. The predicted molar refractivity (Wildman–Crippen MR) is 256 cm³/mol. The lowest BCUT2D eigenvalue weighted by Crippen LogP contribution is -2.59. The van der Waals surface area contributed by atoms with Gasteiger partial charge in [0.15, 0.2) is 6.29 Å². The largest absolute Gasteiger partial charge is 0.457 e. The van der Waals surface area contributed by atoms with Crippen molar-refractivity contribution in [3.05, 3.63) is 36.5 Å². The number of carbonyl (C=O) groups is 1. The monoisotopic (exact) mass is 879 g/mol. The maximum atomic E-state index is 12.8. The molecule has 0 aliphatic carbocycles. The Kier molecular flexibility index (Phi) is 42.0. The fourth-order valence-electron chi connectivity index (χ4n) is 7.93. The maximum absolute atomic E-state index is 12.8. The summed E-state index contributed by atoms with van der Waals surface area (Å²) in [6.07, 6.45) is 47.5. The average Bonchev–Trinajstić information content (AvgIpc) is 3.27. The fraction of sp³-hybridized carbons (Fsp3) is 0.868. The normalized spacial score (nSPS) is 20.0. The number of aliphatic hydroxyl groups is 4. The quantitative estimate of drug-likeness (QED) is 0.0268. The highest BCUT2D eigenvalue weighted by molar-refractivity contribution is 5.69. The molecule has 4 N–H and O–H groups in total. The Morgan fingerprint density at radius 3 is 1.40 bits per heavy atom. The van der Waals surface area contributed by atoms with E-state index < -0.39 is 43.4 Å². The second-order valence-corrected chi connectivity index (χ2v) is 18.0. The number of unbranched alkanes of at least 4 members (excludes halogenated alkanes) is 28. The lowest BCUT2D eigenvalue weighted by molar-refractivity contribution is -0.305. The van der Waals surface area contributed by atoms with Crippen LogP contribution in [0.25, 0.3) is 0 Å². The van der Waals surface area contributed by atoms with E-state index in [1.54, 1.807) is 0 Å². The third-order valence-corrected chi connectivity index (χ3v) is 12.0. The molecule has 0 amide bonds. The van der Waals surface area contributed by atoms with Crippen LogP contribution >= 0.6 is 0 Å². The first-order valence-corrected chi connectivity index (χ1v) is 26.1. The van der Waals surface area contributed by atoms with Crippen LogP contribution in [0.5, 0.6) is 0 Å². The van der Waals surface area contributed by atoms with Gasteiger partial charge in [0.2, 0.25) is 0 Å². The van der Waals surface area contributed by atoms with Gasteiger partial charge in [0.1, 0.15) is 30.5 Å². The molecule has 9 heteroatoms. The van der Waals surface area contributed by atoms with Crippen LogP contribution in [0.4, 0.5) is 0 Å². The molecule has 9 nitrogen and oxygen atoms in total. The summed E-state index contributed by atoms with van der Waals surface area (Å²) in [5.74, 6) is -0.320. The number of ether oxygens (including phenoxy) is 4. The third kappa shape index (κ3) is 34.8. The third-order valence-electron chi connectivity index (χ3n) is 12.0. The van der Waals surface area contributed by atoms with Crippen molar-refractivity contribution in [3.63, 3.8) is 0 Å². The molecule has 364 valence electrons. The minimum absolute atomic E-state index is 0.115. The van der Waals surface area contributed by atoms with Crippen LogP contribution in [0.2, 0.25) is 0 Å². The van der Waals surface area contributed by atoms with Crippen molar-refractivity contribution in [1.82, 2.24) is 0 Å². The van der Waals surface area contributed by atoms with Crippen LogP contribution in [0, 0.1) is 0 Å². The lowest BCUT2D eigenvalue weighted by Gasteiger charge is -2.39. The van der Waals surface area contributed by atoms with E-state index in [0.29, 0.717) is 13.0 Å². The summed E-state index contributed by atoms with van der Waals surface area (Å²) in [4.78, 5) is 12.8. The summed E-state index contributed by atoms with van der Waals surface area (Å²) in [7, 11) is 0. The Labute approximate surface area is 380 Å². The molecule has 0 bridgehead atoms. The Morgan fingerprint density at radius 2 is 0.935 bits per heavy atom. The molecule has 0 aromatic rings. The van der Waals surface area contributed by atoms with Gasteiger partial charge in [0.05, 0.1) is 19.8 Å². The number of carbonyl (C=O) groups excluding carboxylic acids is 1. The van der Waals surface area contributed by atoms with Gasteiger partial charge < -0.3 is 39.4 Å². The van der Waals surface area contributed by atoms with Crippen LogP contribution in [-0.4, -0.2) is 89.6 Å². The zero-order valence-corrected chi connectivity index (χ0v) is 40.1. The SMILES string of the molecule is CCCCCCC/C=C\C/C=C\CCCCCCCCCCCCCCOCC(COC1OC(CO)C(O)C(O)C1O)OC(=O)CCCCCCC/C=C\CCCCCCCC. The number of esters is 1. The van der Waals surface area contributed by atoms with Crippen molar-refractivity contribution >= 4 is 5.97 Å². The minimum Gasteiger partial charge on any atom is -0.457 e. The molecule has 1 saturated heterocycles. The molecule has 0 saturated carbocycles. The number of allylic oxidation sites excluding steroid dienone is 6. The van der Waals surface area contributed by atoms with Crippen LogP contribution < -0.4 is 0 Å². The van der Waals surface area contributed by atoms with Crippen molar-refractivity contribution < 1.29 is 44.2 Å². The van der Waals surface area contributed by atoms with Gasteiger partial charge in [-0.2, -0.15) is 0 Å². The van der Waals surface area contributed by atoms with E-state index in [4.69, 9.17) is 18.9 Å². The molecule has 1 aliphatic heterocycles. The topological polar surface area (TPSA) is 135 Å². The van der Waals surface area contributed by atoms with E-state index in [9.17, 15) is 25.2 Å². The van der Waals surface area contributed by atoms with Crippen molar-refractivity contribution in [2.24, 2.45) is 0 Å². The summed E-state index contributed by atoms with van der Waals surface area (Å²) in [6, 6.07) is 0. The molecule has 1 fully saturated rings. The van der Waals surface area contributed by atoms with E-state index in [0.717, 1.165) is 51.4 Å². The van der Waals surface area contributed by atoms with Crippen LogP contribution in [0.1, 0.15) is 232 Å². The zero-order chi connectivity index (χ0) is 45.0. The molecule has 1 aliphatic rings. The first-order valence-electron chi connectivity index (χ1n) is 26.1. The predicted octanol–water partition coefficient (Wildman–Crippen LogP) is 12.7. The van der Waals surface area contributed by atoms with Crippen LogP contribution in [0.3, 0.4) is 0 Å². The lowest BCUT2D eigenvalue weighted by atomic mass is 9.99. The molecular weight excluding hydrogens is 781 g/mol. The molecular formula is C53H98O9. The highest BCUT2D eigenvalue weighted by Crippen LogP contribution is 2.23. The number of hydrogen-bond donors (Lipinski definition) is 4. The van der Waals surface area contributed by atoms with Gasteiger partial charge in [-0.05, 0) is 70.6 Å². The number of aliphatic hydroxyl groups excluding tert-OH is 4. The van der Waals surface area contributed by atoms with Gasteiger partial charge in [-0.3, -0.25) is 4.79 Å². The van der Waals surface area contributed by atoms with Crippen LogP contribution in [0.15, 0.2) is 36.5 Å². The average molecular weight is 879 g/mol. The van der Waals surface area contributed by atoms with E-state index in [1.165, 1.54) is 161 Å². The maximum Gasteiger partial charge on any atom is 0.306 e. The van der Waals surface area contributed by atoms with Crippen LogP contribution in [-0.2, 0) is 23.7 Å². The number of rotatable bonds is 45. The van der Waals surface area contributed by atoms with E-state index in [1.807, 2.05) is 0 Å². The second-order valence-electron chi connectivity index (χ2n) is 18.0. The van der Waals surface area contributed by atoms with Gasteiger partial charge >= 0.3 is 5.97 Å². The molecule has 62 heavy (non-hydrogen) atoms. The summed E-state index contributed by atoms with van der Waals surface area (Å²) >= 11 is 0. The van der Waals surface area contributed by atoms with Gasteiger partial charge in [-0.1, -0.05) is 192 Å². The minimum atomic E-state index is -1.54. The first-order chi connectivity index (χ1) is 30.4. The van der Waals surface area contributed by atoms with Gasteiger partial charge in [-0.15, -0.1) is 0 Å². The highest BCUT2D eigenvalue weighted by atomic mass is 16.7. The second kappa shape index (κ2) is 44.6. The molecule has 6 atom stereocenters. The van der Waals surface area contributed by atoms with Crippen molar-refractivity contribution in [3.8, 4) is 0 Å². The molecule has 0 aromatic carbocycles. The zero-order valence-electron chi connectivity index (χ0n) is 40.1. The smallest absolute Gasteiger partial charge is 0.306 e. The van der Waals surface area contributed by atoms with Gasteiger partial charge in [0, 0.05) is 13.0 Å². The van der Waals surface area contributed by atoms with E-state index in [-0.39, 0.29) is 19.2 Å². The Bertz CT molecular complexity index is 1050. The molecule has 0 radical (unpaired) electrons. The van der Waals surface area contributed by atoms with Crippen molar-refractivity contribution in [2.75, 3.05) is 26.4 Å². The van der Waals surface area contributed by atoms with Gasteiger partial charge in [-0.25, -0.2) is 0 Å². The molecule has 1 rings (SSSR count). The summed E-state index contributed by atoms with van der Waals surface area (Å²) in [5.41, 5.74) is 0. The summed E-state index contributed by atoms with van der Waals surface area (Å²) in [5, 5.41) is 40.2. The van der Waals surface area contributed by atoms with Crippen molar-refractivity contribution in [1.29, 1.82) is 0 Å². The highest BCUT2D eigenvalue weighted by Gasteiger charge is 2.44. The summed E-state index contributed by atoms with van der Waals surface area (Å²) < 4.78 is 22.9. The molecule has 6 unspecified atom stereocenters. The Balaban J connectivity index is 2.18. The first kappa shape index (κ1) is 58.4. The molecule has 0 aromatic heterocycles. The standard InChI is InChI=1S/C53H98O9/c1-3-5-7-9-11-13-15-17-19-20-21-22-23-24-25-26-27-29-31-33-35-37-39-41-43-59-45-47(46-60-53-52(58)51(57)50(56)48(44-54)62-53)61-49(55)42-40-38-36-34-32-30-28-18-16-14-12-10-8-6-4-2/h15,17-18,20-21,28,47-48,50-54,56-58H,3-14,16,19,22-27,29-46H2,1-2H3/b17-15-,21-20-,28-18-.